The zero-order valence-electron chi connectivity index (χ0n) is 12.0. The molecular formula is C16H17ClN2O2. The smallest absolute Gasteiger partial charge is 0.161 e. The van der Waals surface area contributed by atoms with Gasteiger partial charge < -0.3 is 14.9 Å². The highest BCUT2D eigenvalue weighted by Gasteiger charge is 2.07. The Labute approximate surface area is 129 Å². The van der Waals surface area contributed by atoms with Crippen molar-refractivity contribution in [2.45, 2.75) is 6.61 Å². The number of nitrogens with one attached hydrogen (secondary N) is 1. The van der Waals surface area contributed by atoms with Crippen LogP contribution in [-0.2, 0) is 6.61 Å². The standard InChI is InChI=1S/C16H17ClN2O2/c1-18-19-10-12-7-8-15(16(9-12)20-2)21-11-13-5-3-4-6-14(13)17/h3-10,18H,11H2,1-2H3/b19-10+. The van der Waals surface area contributed by atoms with Gasteiger partial charge in [0.25, 0.3) is 0 Å². The summed E-state index contributed by atoms with van der Waals surface area (Å²) >= 11 is 6.11. The highest BCUT2D eigenvalue weighted by Crippen LogP contribution is 2.29. The molecule has 0 saturated carbocycles. The molecule has 0 radical (unpaired) electrons. The van der Waals surface area contributed by atoms with Crippen LogP contribution in [0, 0.1) is 0 Å². The van der Waals surface area contributed by atoms with Gasteiger partial charge in [-0.05, 0) is 29.8 Å². The maximum Gasteiger partial charge on any atom is 0.161 e. The first-order chi connectivity index (χ1) is 10.2. The second kappa shape index (κ2) is 7.55. The number of halogens is 1. The van der Waals surface area contributed by atoms with Gasteiger partial charge in [0.05, 0.1) is 13.3 Å². The van der Waals surface area contributed by atoms with Crippen LogP contribution < -0.4 is 14.9 Å². The Bertz CT molecular complexity index is 629. The van der Waals surface area contributed by atoms with Gasteiger partial charge in [-0.1, -0.05) is 29.8 Å². The maximum absolute atomic E-state index is 6.11. The Hall–Kier alpha value is -2.20. The minimum Gasteiger partial charge on any atom is -0.493 e. The van der Waals surface area contributed by atoms with Crippen LogP contribution in [0.4, 0.5) is 0 Å². The molecule has 0 aliphatic heterocycles. The van der Waals surface area contributed by atoms with Crippen LogP contribution in [0.25, 0.3) is 0 Å². The van der Waals surface area contributed by atoms with Crippen molar-refractivity contribution in [1.29, 1.82) is 0 Å². The van der Waals surface area contributed by atoms with E-state index < -0.39 is 0 Å². The molecule has 0 unspecified atom stereocenters. The molecule has 21 heavy (non-hydrogen) atoms. The van der Waals surface area contributed by atoms with Crippen LogP contribution in [0.1, 0.15) is 11.1 Å². The number of methoxy groups -OCH3 is 1. The number of rotatable bonds is 6. The number of nitrogens with zero attached hydrogens (tertiary/aromatic N) is 1. The molecule has 0 spiro atoms. The average molecular weight is 305 g/mol. The number of hydrazone groups is 1. The van der Waals surface area contributed by atoms with Crippen LogP contribution in [0.5, 0.6) is 11.5 Å². The summed E-state index contributed by atoms with van der Waals surface area (Å²) in [5, 5.41) is 4.65. The van der Waals surface area contributed by atoms with E-state index in [1.54, 1.807) is 20.4 Å². The summed E-state index contributed by atoms with van der Waals surface area (Å²) < 4.78 is 11.1. The summed E-state index contributed by atoms with van der Waals surface area (Å²) in [6.45, 7) is 0.389. The fraction of sp³-hybridized carbons (Fsp3) is 0.188. The van der Waals surface area contributed by atoms with E-state index in [9.17, 15) is 0 Å². The van der Waals surface area contributed by atoms with Crippen molar-refractivity contribution in [3.8, 4) is 11.5 Å². The van der Waals surface area contributed by atoms with Gasteiger partial charge in [0.1, 0.15) is 6.61 Å². The normalized spacial score (nSPS) is 10.6. The molecule has 2 rings (SSSR count). The SMILES string of the molecule is CN/N=C/c1ccc(OCc2ccccc2Cl)c(OC)c1. The van der Waals surface area contributed by atoms with Gasteiger partial charge in [-0.3, -0.25) is 0 Å². The van der Waals surface area contributed by atoms with Gasteiger partial charge in [0, 0.05) is 17.6 Å². The molecular weight excluding hydrogens is 288 g/mol. The average Bonchev–Trinajstić information content (AvgIpc) is 2.52. The van der Waals surface area contributed by atoms with Gasteiger partial charge in [-0.15, -0.1) is 0 Å². The van der Waals surface area contributed by atoms with E-state index in [-0.39, 0.29) is 0 Å². The Morgan fingerprint density at radius 2 is 2.00 bits per heavy atom. The van der Waals surface area contributed by atoms with Gasteiger partial charge in [0.15, 0.2) is 11.5 Å². The van der Waals surface area contributed by atoms with Crippen molar-refractivity contribution >= 4 is 17.8 Å². The van der Waals surface area contributed by atoms with Crippen LogP contribution in [0.15, 0.2) is 47.6 Å². The molecule has 0 bridgehead atoms. The summed E-state index contributed by atoms with van der Waals surface area (Å²) in [4.78, 5) is 0. The van der Waals surface area contributed by atoms with Gasteiger partial charge in [0.2, 0.25) is 0 Å². The summed E-state index contributed by atoms with van der Waals surface area (Å²) in [7, 11) is 3.35. The lowest BCUT2D eigenvalue weighted by molar-refractivity contribution is 0.284. The Morgan fingerprint density at radius 1 is 1.19 bits per heavy atom. The van der Waals surface area contributed by atoms with E-state index in [0.29, 0.717) is 23.1 Å². The lowest BCUT2D eigenvalue weighted by Crippen LogP contribution is -1.99. The fourth-order valence-electron chi connectivity index (χ4n) is 1.79. The number of hydrogen-bond acceptors (Lipinski definition) is 4. The zero-order valence-corrected chi connectivity index (χ0v) is 12.7. The predicted molar refractivity (Wildman–Crippen MR) is 85.4 cm³/mol. The van der Waals surface area contributed by atoms with E-state index in [1.165, 1.54) is 0 Å². The second-order valence-electron chi connectivity index (χ2n) is 4.27. The van der Waals surface area contributed by atoms with Crippen molar-refractivity contribution in [2.75, 3.05) is 14.2 Å². The molecule has 110 valence electrons. The molecule has 0 saturated heterocycles. The van der Waals surface area contributed by atoms with Crippen molar-refractivity contribution in [3.63, 3.8) is 0 Å². The summed E-state index contributed by atoms with van der Waals surface area (Å²) in [6, 6.07) is 13.2. The second-order valence-corrected chi connectivity index (χ2v) is 4.68. The minimum absolute atomic E-state index is 0.389. The molecule has 5 heteroatoms. The zero-order chi connectivity index (χ0) is 15.1. The molecule has 1 N–H and O–H groups in total. The quantitative estimate of drug-likeness (QED) is 0.656. The topological polar surface area (TPSA) is 42.9 Å². The van der Waals surface area contributed by atoms with Gasteiger partial charge in [-0.25, -0.2) is 0 Å². The first-order valence-electron chi connectivity index (χ1n) is 6.48. The van der Waals surface area contributed by atoms with Crippen LogP contribution in [-0.4, -0.2) is 20.4 Å². The molecule has 2 aromatic carbocycles. The number of ether oxygens (including phenoxy) is 2. The summed E-state index contributed by atoms with van der Waals surface area (Å²) in [5.74, 6) is 1.32. The van der Waals surface area contributed by atoms with E-state index >= 15 is 0 Å². The molecule has 0 heterocycles. The number of hydrogen-bond donors (Lipinski definition) is 1. The highest BCUT2D eigenvalue weighted by molar-refractivity contribution is 6.31. The lowest BCUT2D eigenvalue weighted by atomic mass is 10.2. The van der Waals surface area contributed by atoms with Crippen molar-refractivity contribution in [2.24, 2.45) is 5.10 Å². The Morgan fingerprint density at radius 3 is 2.71 bits per heavy atom. The summed E-state index contributed by atoms with van der Waals surface area (Å²) in [5.41, 5.74) is 4.56. The molecule has 2 aromatic rings. The maximum atomic E-state index is 6.11. The van der Waals surface area contributed by atoms with Crippen LogP contribution in [0.2, 0.25) is 5.02 Å². The summed E-state index contributed by atoms with van der Waals surface area (Å²) in [6.07, 6.45) is 1.71. The highest BCUT2D eigenvalue weighted by atomic mass is 35.5. The van der Waals surface area contributed by atoms with E-state index in [1.807, 2.05) is 42.5 Å². The first-order valence-corrected chi connectivity index (χ1v) is 6.86. The van der Waals surface area contributed by atoms with E-state index in [2.05, 4.69) is 10.5 Å². The van der Waals surface area contributed by atoms with Crippen molar-refractivity contribution < 1.29 is 9.47 Å². The first kappa shape index (κ1) is 15.2. The molecule has 0 atom stereocenters. The van der Waals surface area contributed by atoms with Crippen LogP contribution >= 0.6 is 11.6 Å². The third-order valence-corrected chi connectivity index (χ3v) is 3.24. The van der Waals surface area contributed by atoms with E-state index in [0.717, 1.165) is 11.1 Å². The lowest BCUT2D eigenvalue weighted by Gasteiger charge is -2.12. The monoisotopic (exact) mass is 304 g/mol. The van der Waals surface area contributed by atoms with Gasteiger partial charge in [-0.2, -0.15) is 5.10 Å². The third-order valence-electron chi connectivity index (χ3n) is 2.87. The molecule has 4 nitrogen and oxygen atoms in total. The molecule has 0 aliphatic carbocycles. The molecule has 0 amide bonds. The largest absolute Gasteiger partial charge is 0.493 e. The van der Waals surface area contributed by atoms with Crippen molar-refractivity contribution in [1.82, 2.24) is 5.43 Å². The Kier molecular flexibility index (Phi) is 5.46. The number of benzene rings is 2. The predicted octanol–water partition coefficient (Wildman–Crippen LogP) is 3.48. The molecule has 0 aliphatic rings. The van der Waals surface area contributed by atoms with E-state index in [4.69, 9.17) is 21.1 Å². The van der Waals surface area contributed by atoms with Crippen LogP contribution in [0.3, 0.4) is 0 Å². The minimum atomic E-state index is 0.389. The Balaban J connectivity index is 2.13. The van der Waals surface area contributed by atoms with Gasteiger partial charge >= 0.3 is 0 Å². The molecule has 0 aromatic heterocycles. The fourth-order valence-corrected chi connectivity index (χ4v) is 1.98. The third kappa shape index (κ3) is 4.13. The van der Waals surface area contributed by atoms with Crippen molar-refractivity contribution in [3.05, 3.63) is 58.6 Å². The molecule has 0 fully saturated rings.